The second-order valence-electron chi connectivity index (χ2n) is 5.27. The van der Waals surface area contributed by atoms with Crippen LogP contribution in [0.5, 0.6) is 0 Å². The van der Waals surface area contributed by atoms with Gasteiger partial charge in [0.1, 0.15) is 0 Å². The predicted octanol–water partition coefficient (Wildman–Crippen LogP) is 3.50. The van der Waals surface area contributed by atoms with Gasteiger partial charge in [0.15, 0.2) is 5.16 Å². The maximum atomic E-state index is 6.35. The van der Waals surface area contributed by atoms with Crippen LogP contribution < -0.4 is 5.73 Å². The Labute approximate surface area is 125 Å². The molecule has 3 nitrogen and oxygen atoms in total. The van der Waals surface area contributed by atoms with Crippen molar-refractivity contribution in [1.29, 1.82) is 0 Å². The van der Waals surface area contributed by atoms with Gasteiger partial charge in [-0.2, -0.15) is 0 Å². The van der Waals surface area contributed by atoms with Gasteiger partial charge in [-0.3, -0.25) is 0 Å². The van der Waals surface area contributed by atoms with Crippen LogP contribution in [0, 0.1) is 27.7 Å². The molecule has 0 amide bonds. The zero-order valence-electron chi connectivity index (χ0n) is 12.5. The van der Waals surface area contributed by atoms with Crippen LogP contribution in [-0.2, 0) is 0 Å². The van der Waals surface area contributed by atoms with Gasteiger partial charge < -0.3 is 5.73 Å². The number of hydrogen-bond donors (Lipinski definition) is 1. The van der Waals surface area contributed by atoms with Crippen LogP contribution in [0.3, 0.4) is 0 Å². The van der Waals surface area contributed by atoms with Gasteiger partial charge in [-0.05, 0) is 49.9 Å². The molecule has 0 saturated heterocycles. The molecule has 1 atom stereocenters. The van der Waals surface area contributed by atoms with Crippen LogP contribution in [0.1, 0.15) is 33.9 Å². The molecule has 0 spiro atoms. The first kappa shape index (κ1) is 15.0. The maximum absolute atomic E-state index is 6.35. The zero-order valence-corrected chi connectivity index (χ0v) is 13.3. The summed E-state index contributed by atoms with van der Waals surface area (Å²) in [5, 5.41) is 0.786. The van der Waals surface area contributed by atoms with Crippen molar-refractivity contribution in [3.63, 3.8) is 0 Å². The lowest BCUT2D eigenvalue weighted by Gasteiger charge is -2.17. The zero-order chi connectivity index (χ0) is 14.7. The SMILES string of the molecule is Cc1cnc(SCC(N)c2c(C)cc(C)cc2C)nc1. The van der Waals surface area contributed by atoms with E-state index in [0.29, 0.717) is 0 Å². The first-order valence-electron chi connectivity index (χ1n) is 6.72. The average Bonchev–Trinajstić information content (AvgIpc) is 2.37. The highest BCUT2D eigenvalue weighted by molar-refractivity contribution is 7.99. The lowest BCUT2D eigenvalue weighted by atomic mass is 9.95. The van der Waals surface area contributed by atoms with E-state index in [1.807, 2.05) is 19.3 Å². The second-order valence-corrected chi connectivity index (χ2v) is 6.26. The van der Waals surface area contributed by atoms with Crippen LogP contribution in [0.2, 0.25) is 0 Å². The molecule has 20 heavy (non-hydrogen) atoms. The molecule has 2 N–H and O–H groups in total. The second kappa shape index (κ2) is 6.37. The molecule has 0 radical (unpaired) electrons. The fraction of sp³-hybridized carbons (Fsp3) is 0.375. The fourth-order valence-electron chi connectivity index (χ4n) is 2.48. The standard InChI is InChI=1S/C16H21N3S/c1-10-5-12(3)15(13(4)6-10)14(17)9-20-16-18-7-11(2)8-19-16/h5-8,14H,9,17H2,1-4H3. The number of aromatic nitrogens is 2. The van der Waals surface area contributed by atoms with Gasteiger partial charge in [-0.25, -0.2) is 9.97 Å². The first-order valence-corrected chi connectivity index (χ1v) is 7.70. The normalized spacial score (nSPS) is 12.4. The topological polar surface area (TPSA) is 51.8 Å². The maximum Gasteiger partial charge on any atom is 0.187 e. The number of benzene rings is 1. The highest BCUT2D eigenvalue weighted by Crippen LogP contribution is 2.26. The molecule has 0 aliphatic rings. The molecule has 2 rings (SSSR count). The van der Waals surface area contributed by atoms with E-state index in [4.69, 9.17) is 5.73 Å². The van der Waals surface area contributed by atoms with Gasteiger partial charge in [-0.1, -0.05) is 29.5 Å². The van der Waals surface area contributed by atoms with Gasteiger partial charge >= 0.3 is 0 Å². The third kappa shape index (κ3) is 3.58. The van der Waals surface area contributed by atoms with Crippen molar-refractivity contribution in [2.24, 2.45) is 5.73 Å². The van der Waals surface area contributed by atoms with Crippen molar-refractivity contribution in [3.8, 4) is 0 Å². The first-order chi connectivity index (χ1) is 9.47. The van der Waals surface area contributed by atoms with Gasteiger partial charge in [0.2, 0.25) is 0 Å². The molecule has 106 valence electrons. The Bertz CT molecular complexity index is 570. The molecule has 0 aliphatic carbocycles. The fourth-order valence-corrected chi connectivity index (χ4v) is 3.23. The minimum atomic E-state index is 0.00510. The summed E-state index contributed by atoms with van der Waals surface area (Å²) >= 11 is 1.61. The summed E-state index contributed by atoms with van der Waals surface area (Å²) in [6, 6.07) is 4.38. The Morgan fingerprint density at radius 2 is 1.55 bits per heavy atom. The third-order valence-electron chi connectivity index (χ3n) is 3.26. The van der Waals surface area contributed by atoms with E-state index in [9.17, 15) is 0 Å². The summed E-state index contributed by atoms with van der Waals surface area (Å²) < 4.78 is 0. The van der Waals surface area contributed by atoms with Gasteiger partial charge in [0, 0.05) is 24.2 Å². The summed E-state index contributed by atoms with van der Waals surface area (Å²) in [5.41, 5.74) is 12.5. The van der Waals surface area contributed by atoms with Crippen molar-refractivity contribution in [3.05, 3.63) is 52.3 Å². The van der Waals surface area contributed by atoms with Gasteiger partial charge in [0.05, 0.1) is 0 Å². The van der Waals surface area contributed by atoms with Crippen molar-refractivity contribution >= 4 is 11.8 Å². The highest BCUT2D eigenvalue weighted by atomic mass is 32.2. The predicted molar refractivity (Wildman–Crippen MR) is 85.1 cm³/mol. The van der Waals surface area contributed by atoms with Gasteiger partial charge in [0.25, 0.3) is 0 Å². The number of thioether (sulfide) groups is 1. The molecule has 1 unspecified atom stereocenters. The number of nitrogens with zero attached hydrogens (tertiary/aromatic N) is 2. The lowest BCUT2D eigenvalue weighted by Crippen LogP contribution is -2.16. The Morgan fingerprint density at radius 1 is 1.00 bits per heavy atom. The highest BCUT2D eigenvalue weighted by Gasteiger charge is 2.13. The molecule has 4 heteroatoms. The average molecular weight is 287 g/mol. The Kier molecular flexibility index (Phi) is 4.78. The van der Waals surface area contributed by atoms with Crippen molar-refractivity contribution in [2.75, 3.05) is 5.75 Å². The molecule has 0 saturated carbocycles. The van der Waals surface area contributed by atoms with E-state index in [1.54, 1.807) is 11.8 Å². The van der Waals surface area contributed by atoms with Crippen LogP contribution in [0.15, 0.2) is 29.7 Å². The Morgan fingerprint density at radius 3 is 2.10 bits per heavy atom. The monoisotopic (exact) mass is 287 g/mol. The molecule has 0 fully saturated rings. The van der Waals surface area contributed by atoms with Crippen molar-refractivity contribution < 1.29 is 0 Å². The molecule has 1 aromatic heterocycles. The van der Waals surface area contributed by atoms with Crippen LogP contribution in [-0.4, -0.2) is 15.7 Å². The Hall–Kier alpha value is -1.39. The van der Waals surface area contributed by atoms with E-state index in [2.05, 4.69) is 42.9 Å². The smallest absolute Gasteiger partial charge is 0.187 e. The quantitative estimate of drug-likeness (QED) is 0.690. The van der Waals surface area contributed by atoms with E-state index in [-0.39, 0.29) is 6.04 Å². The lowest BCUT2D eigenvalue weighted by molar-refractivity contribution is 0.808. The molecular weight excluding hydrogens is 266 g/mol. The summed E-state index contributed by atoms with van der Waals surface area (Å²) in [6.07, 6.45) is 3.67. The van der Waals surface area contributed by atoms with E-state index in [0.717, 1.165) is 16.5 Å². The van der Waals surface area contributed by atoms with Gasteiger partial charge in [-0.15, -0.1) is 0 Å². The van der Waals surface area contributed by atoms with E-state index in [1.165, 1.54) is 22.3 Å². The Balaban J connectivity index is 2.09. The number of rotatable bonds is 4. The van der Waals surface area contributed by atoms with Crippen LogP contribution in [0.4, 0.5) is 0 Å². The van der Waals surface area contributed by atoms with Crippen molar-refractivity contribution in [2.45, 2.75) is 38.9 Å². The van der Waals surface area contributed by atoms with Crippen LogP contribution >= 0.6 is 11.8 Å². The summed E-state index contributed by atoms with van der Waals surface area (Å²) in [5.74, 6) is 0.786. The molecule has 0 bridgehead atoms. The number of hydrogen-bond acceptors (Lipinski definition) is 4. The summed E-state index contributed by atoms with van der Waals surface area (Å²) in [6.45, 7) is 8.36. The number of aryl methyl sites for hydroxylation is 4. The van der Waals surface area contributed by atoms with Crippen molar-refractivity contribution in [1.82, 2.24) is 9.97 Å². The molecule has 1 heterocycles. The minimum absolute atomic E-state index is 0.00510. The molecule has 1 aromatic carbocycles. The van der Waals surface area contributed by atoms with E-state index < -0.39 is 0 Å². The largest absolute Gasteiger partial charge is 0.323 e. The molecule has 2 aromatic rings. The minimum Gasteiger partial charge on any atom is -0.323 e. The summed E-state index contributed by atoms with van der Waals surface area (Å²) in [7, 11) is 0. The number of nitrogens with two attached hydrogens (primary N) is 1. The summed E-state index contributed by atoms with van der Waals surface area (Å²) in [4.78, 5) is 8.60. The molecule has 0 aliphatic heterocycles. The molecular formula is C16H21N3S. The van der Waals surface area contributed by atoms with E-state index >= 15 is 0 Å². The van der Waals surface area contributed by atoms with Crippen LogP contribution in [0.25, 0.3) is 0 Å². The third-order valence-corrected chi connectivity index (χ3v) is 4.25.